The summed E-state index contributed by atoms with van der Waals surface area (Å²) in [5, 5.41) is 20.4. The van der Waals surface area contributed by atoms with Crippen molar-refractivity contribution in [2.75, 3.05) is 53.4 Å². The van der Waals surface area contributed by atoms with Gasteiger partial charge in [0.25, 0.3) is 15.7 Å². The number of aromatic nitrogens is 2. The Kier molecular flexibility index (Phi) is 13.6. The van der Waals surface area contributed by atoms with Crippen LogP contribution in [0.4, 0.5) is 22.9 Å². The smallest absolute Gasteiger partial charge is 0.293 e. The summed E-state index contributed by atoms with van der Waals surface area (Å²) >= 11 is 7.80. The monoisotopic (exact) mass is 864 g/mol. The van der Waals surface area contributed by atoms with Crippen LogP contribution in [-0.2, 0) is 16.6 Å². The molecule has 60 heavy (non-hydrogen) atoms. The maximum atomic E-state index is 13.8. The number of hydrogen-bond donors (Lipinski definition) is 3. The van der Waals surface area contributed by atoms with Crippen LogP contribution in [-0.4, -0.2) is 78.3 Å². The summed E-state index contributed by atoms with van der Waals surface area (Å²) in [5.74, 6) is 0.735. The third-order valence-electron chi connectivity index (χ3n) is 10.3. The molecule has 5 aromatic carbocycles. The van der Waals surface area contributed by atoms with E-state index < -0.39 is 14.9 Å². The van der Waals surface area contributed by atoms with Gasteiger partial charge in [-0.1, -0.05) is 66.2 Å². The predicted octanol–water partition coefficient (Wildman–Crippen LogP) is 9.33. The molecule has 15 heteroatoms. The van der Waals surface area contributed by atoms with Crippen molar-refractivity contribution in [1.82, 2.24) is 20.2 Å². The number of piperazine rings is 1. The largest absolute Gasteiger partial charge is 0.376 e. The number of hydrogen-bond acceptors (Lipinski definition) is 11. The van der Waals surface area contributed by atoms with Crippen LogP contribution in [0.2, 0.25) is 5.02 Å². The van der Waals surface area contributed by atoms with E-state index in [0.717, 1.165) is 54.9 Å². The number of benzene rings is 5. The summed E-state index contributed by atoms with van der Waals surface area (Å²) < 4.78 is 30.2. The number of nitrogens with one attached hydrogen (secondary N) is 3. The molecule has 12 nitrogen and oxygen atoms in total. The standard InChI is InChI=1S/C45H49ClN8O4S2/c1-45(2,3)49-22-21-35(30-59-37-10-5-4-6-11-37)50-41-20-18-38(28-43(41)54(55)56)60(57,58)51-44-40-19-17-36(27-42(40)47-31-48-44)53-25-23-52(24-26-53)29-33-9-7-8-12-39(33)32-13-15-34(46)16-14-32/h4-20,27-28,31,35,49-50H,21-26,29-30H2,1-3H3,(H,47,48,51)/t35-/m1/s1. The molecule has 2 heterocycles. The highest BCUT2D eigenvalue weighted by Crippen LogP contribution is 2.33. The van der Waals surface area contributed by atoms with Crippen molar-refractivity contribution in [3.05, 3.63) is 142 Å². The van der Waals surface area contributed by atoms with Crippen molar-refractivity contribution in [2.45, 2.75) is 55.1 Å². The zero-order chi connectivity index (χ0) is 42.3. The molecule has 1 atom stereocenters. The van der Waals surface area contributed by atoms with Crippen molar-refractivity contribution in [3.63, 3.8) is 0 Å². The van der Waals surface area contributed by atoms with Gasteiger partial charge in [-0.3, -0.25) is 19.7 Å². The van der Waals surface area contributed by atoms with Crippen molar-refractivity contribution in [1.29, 1.82) is 0 Å². The zero-order valence-electron chi connectivity index (χ0n) is 33.8. The van der Waals surface area contributed by atoms with Gasteiger partial charge in [0.05, 0.1) is 15.3 Å². The Morgan fingerprint density at radius 1 is 0.883 bits per heavy atom. The minimum atomic E-state index is -4.28. The first-order valence-electron chi connectivity index (χ1n) is 19.9. The van der Waals surface area contributed by atoms with E-state index in [-0.39, 0.29) is 33.7 Å². The molecule has 1 aliphatic rings. The summed E-state index contributed by atoms with van der Waals surface area (Å²) in [6.07, 6.45) is 2.01. The van der Waals surface area contributed by atoms with Crippen LogP contribution < -0.4 is 20.3 Å². The van der Waals surface area contributed by atoms with E-state index in [9.17, 15) is 18.5 Å². The van der Waals surface area contributed by atoms with Crippen molar-refractivity contribution >= 4 is 67.2 Å². The molecule has 0 aliphatic carbocycles. The quantitative estimate of drug-likeness (QED) is 0.0486. The lowest BCUT2D eigenvalue weighted by atomic mass is 9.99. The van der Waals surface area contributed by atoms with Crippen LogP contribution in [0.25, 0.3) is 22.0 Å². The maximum Gasteiger partial charge on any atom is 0.293 e. The molecular weight excluding hydrogens is 816 g/mol. The normalized spacial score (nSPS) is 14.2. The number of anilines is 3. The first-order valence-corrected chi connectivity index (χ1v) is 22.7. The van der Waals surface area contributed by atoms with E-state index in [1.165, 1.54) is 29.6 Å². The second-order valence-electron chi connectivity index (χ2n) is 15.8. The maximum absolute atomic E-state index is 13.8. The molecule has 7 rings (SSSR count). The van der Waals surface area contributed by atoms with E-state index in [4.69, 9.17) is 11.6 Å². The van der Waals surface area contributed by atoms with Gasteiger partial charge in [-0.25, -0.2) is 18.4 Å². The highest BCUT2D eigenvalue weighted by Gasteiger charge is 2.25. The van der Waals surface area contributed by atoms with Gasteiger partial charge in [0, 0.05) is 77.1 Å². The fourth-order valence-corrected chi connectivity index (χ4v) is 9.36. The summed E-state index contributed by atoms with van der Waals surface area (Å²) in [7, 11) is -4.28. The van der Waals surface area contributed by atoms with Gasteiger partial charge in [0.15, 0.2) is 5.82 Å². The Balaban J connectivity index is 1.02. The Morgan fingerprint density at radius 2 is 1.62 bits per heavy atom. The Morgan fingerprint density at radius 3 is 2.35 bits per heavy atom. The van der Waals surface area contributed by atoms with Gasteiger partial charge in [-0.05, 0) is 105 Å². The average Bonchev–Trinajstić information content (AvgIpc) is 3.23. The number of fused-ring (bicyclic) bond motifs is 1. The Labute approximate surface area is 361 Å². The predicted molar refractivity (Wildman–Crippen MR) is 245 cm³/mol. The highest BCUT2D eigenvalue weighted by molar-refractivity contribution is 7.99. The van der Waals surface area contributed by atoms with E-state index in [1.54, 1.807) is 11.8 Å². The zero-order valence-corrected chi connectivity index (χ0v) is 36.2. The Bertz CT molecular complexity index is 2530. The first kappa shape index (κ1) is 42.9. The van der Waals surface area contributed by atoms with Crippen LogP contribution in [0.5, 0.6) is 0 Å². The van der Waals surface area contributed by atoms with Gasteiger partial charge in [-0.2, -0.15) is 0 Å². The highest BCUT2D eigenvalue weighted by atomic mass is 35.5. The number of sulfonamides is 1. The van der Waals surface area contributed by atoms with Crippen molar-refractivity contribution in [2.24, 2.45) is 0 Å². The van der Waals surface area contributed by atoms with Crippen LogP contribution >= 0.6 is 23.4 Å². The number of thioether (sulfide) groups is 1. The SMILES string of the molecule is CC(C)(C)NCC[C@H](CSc1ccccc1)Nc1ccc(S(=O)(=O)Nc2ncnc3cc(N4CCN(Cc5ccccc5-c5ccc(Cl)cc5)CC4)ccc23)cc1[N+](=O)[O-]. The summed E-state index contributed by atoms with van der Waals surface area (Å²) in [6, 6.07) is 35.9. The van der Waals surface area contributed by atoms with E-state index in [1.807, 2.05) is 60.7 Å². The van der Waals surface area contributed by atoms with E-state index >= 15 is 0 Å². The lowest BCUT2D eigenvalue weighted by Crippen LogP contribution is -2.46. The van der Waals surface area contributed by atoms with Gasteiger partial charge in [0.2, 0.25) is 0 Å². The van der Waals surface area contributed by atoms with Crippen LogP contribution in [0.3, 0.4) is 0 Å². The molecule has 3 N–H and O–H groups in total. The number of rotatable bonds is 16. The average molecular weight is 866 g/mol. The number of nitro groups is 1. The van der Waals surface area contributed by atoms with E-state index in [0.29, 0.717) is 34.6 Å². The molecule has 0 unspecified atom stereocenters. The number of halogens is 1. The number of nitrogens with zero attached hydrogens (tertiary/aromatic N) is 5. The van der Waals surface area contributed by atoms with E-state index in [2.05, 4.69) is 92.3 Å². The fourth-order valence-electron chi connectivity index (χ4n) is 7.19. The van der Waals surface area contributed by atoms with Crippen molar-refractivity contribution < 1.29 is 13.3 Å². The second-order valence-corrected chi connectivity index (χ2v) is 19.0. The fraction of sp³-hybridized carbons (Fsp3) is 0.289. The van der Waals surface area contributed by atoms with Gasteiger partial charge in [-0.15, -0.1) is 11.8 Å². The molecule has 6 aromatic rings. The molecule has 312 valence electrons. The third-order valence-corrected chi connectivity index (χ3v) is 13.1. The van der Waals surface area contributed by atoms with Crippen LogP contribution in [0, 0.1) is 10.1 Å². The molecule has 0 radical (unpaired) electrons. The summed E-state index contributed by atoms with van der Waals surface area (Å²) in [5.41, 5.74) is 4.97. The minimum Gasteiger partial charge on any atom is -0.376 e. The van der Waals surface area contributed by atoms with Crippen LogP contribution in [0.15, 0.2) is 131 Å². The molecule has 1 saturated heterocycles. The molecule has 0 amide bonds. The lowest BCUT2D eigenvalue weighted by Gasteiger charge is -2.36. The minimum absolute atomic E-state index is 0.0879. The molecular formula is C45H49ClN8O4S2. The van der Waals surface area contributed by atoms with Gasteiger partial charge >= 0.3 is 0 Å². The van der Waals surface area contributed by atoms with Crippen LogP contribution in [0.1, 0.15) is 32.8 Å². The molecule has 1 fully saturated rings. The lowest BCUT2D eigenvalue weighted by molar-refractivity contribution is -0.384. The molecule has 1 aliphatic heterocycles. The second kappa shape index (κ2) is 19.0. The summed E-state index contributed by atoms with van der Waals surface area (Å²) in [4.78, 5) is 26.1. The Hall–Kier alpha value is -5.25. The van der Waals surface area contributed by atoms with Crippen molar-refractivity contribution in [3.8, 4) is 11.1 Å². The van der Waals surface area contributed by atoms with Gasteiger partial charge in [0.1, 0.15) is 12.0 Å². The number of nitro benzene ring substituents is 1. The molecule has 0 saturated carbocycles. The van der Waals surface area contributed by atoms with Gasteiger partial charge < -0.3 is 15.5 Å². The molecule has 0 spiro atoms. The molecule has 1 aromatic heterocycles. The molecule has 0 bridgehead atoms. The summed E-state index contributed by atoms with van der Waals surface area (Å²) in [6.45, 7) is 11.1. The third kappa shape index (κ3) is 11.1. The first-order chi connectivity index (χ1) is 28.8. The topological polar surface area (TPSA) is 146 Å².